The first-order chi connectivity index (χ1) is 15.0. The van der Waals surface area contributed by atoms with E-state index < -0.39 is 11.9 Å². The number of benzene rings is 2. The van der Waals surface area contributed by atoms with E-state index in [-0.39, 0.29) is 25.1 Å². The number of para-hydroxylation sites is 1. The van der Waals surface area contributed by atoms with E-state index in [9.17, 15) is 14.4 Å². The molecule has 1 saturated carbocycles. The maximum Gasteiger partial charge on any atom is 0.325 e. The lowest BCUT2D eigenvalue weighted by molar-refractivity contribution is -0.147. The summed E-state index contributed by atoms with van der Waals surface area (Å²) in [5, 5.41) is 5.42. The number of rotatable bonds is 8. The molecule has 0 aromatic heterocycles. The first kappa shape index (κ1) is 22.3. The summed E-state index contributed by atoms with van der Waals surface area (Å²) >= 11 is 0. The van der Waals surface area contributed by atoms with Crippen LogP contribution < -0.4 is 15.4 Å². The van der Waals surface area contributed by atoms with Gasteiger partial charge in [-0.25, -0.2) is 0 Å². The minimum absolute atomic E-state index is 0.133. The number of nitrogens with one attached hydrogen (secondary N) is 2. The Balaban J connectivity index is 1.37. The zero-order valence-corrected chi connectivity index (χ0v) is 17.6. The minimum Gasteiger partial charge on any atom is -0.457 e. The normalized spacial score (nSPS) is 18.0. The summed E-state index contributed by atoms with van der Waals surface area (Å²) in [6.45, 7) is 1.46. The number of carbonyl (C=O) groups excluding carboxylic acids is 3. The Morgan fingerprint density at radius 3 is 2.32 bits per heavy atom. The lowest BCUT2D eigenvalue weighted by Gasteiger charge is -2.29. The molecule has 0 radical (unpaired) electrons. The molecule has 7 heteroatoms. The molecular formula is C24H28N2O5. The van der Waals surface area contributed by atoms with Gasteiger partial charge < -0.3 is 20.1 Å². The van der Waals surface area contributed by atoms with Gasteiger partial charge in [-0.1, -0.05) is 38.0 Å². The van der Waals surface area contributed by atoms with Crippen LogP contribution in [0.15, 0.2) is 54.6 Å². The van der Waals surface area contributed by atoms with Gasteiger partial charge >= 0.3 is 5.97 Å². The van der Waals surface area contributed by atoms with E-state index in [0.29, 0.717) is 23.0 Å². The van der Waals surface area contributed by atoms with Crippen LogP contribution in [-0.2, 0) is 14.3 Å². The highest BCUT2D eigenvalue weighted by Gasteiger charge is 2.23. The summed E-state index contributed by atoms with van der Waals surface area (Å²) in [5.74, 6) is 0.336. The largest absolute Gasteiger partial charge is 0.457 e. The molecule has 1 fully saturated rings. The average molecular weight is 424 g/mol. The number of hydrogen-bond donors (Lipinski definition) is 2. The molecule has 164 valence electrons. The molecule has 0 heterocycles. The molecule has 2 aromatic carbocycles. The molecule has 7 nitrogen and oxygen atoms in total. The van der Waals surface area contributed by atoms with Gasteiger partial charge in [-0.15, -0.1) is 0 Å². The first-order valence-electron chi connectivity index (χ1n) is 10.6. The standard InChI is InChI=1S/C24H28N2O5/c1-17-7-5-6-10-21(17)26-22(27)16-30-23(28)15-25-24(29)18-11-13-20(14-12-18)31-19-8-3-2-4-9-19/h2-4,8-9,11-14,17,21H,5-7,10,15-16H2,1H3,(H,25,29)(H,26,27)/t17-,21-/m0/s1. The quantitative estimate of drug-likeness (QED) is 0.633. The smallest absolute Gasteiger partial charge is 0.325 e. The molecule has 31 heavy (non-hydrogen) atoms. The van der Waals surface area contributed by atoms with Crippen LogP contribution >= 0.6 is 0 Å². The Morgan fingerprint density at radius 1 is 0.935 bits per heavy atom. The van der Waals surface area contributed by atoms with E-state index in [1.165, 1.54) is 6.42 Å². The van der Waals surface area contributed by atoms with E-state index in [4.69, 9.17) is 9.47 Å². The Bertz CT molecular complexity index is 883. The first-order valence-corrected chi connectivity index (χ1v) is 10.6. The molecule has 2 atom stereocenters. The van der Waals surface area contributed by atoms with Gasteiger partial charge in [-0.2, -0.15) is 0 Å². The summed E-state index contributed by atoms with van der Waals surface area (Å²) in [5.41, 5.74) is 0.386. The fourth-order valence-corrected chi connectivity index (χ4v) is 3.53. The number of esters is 1. The second kappa shape index (κ2) is 11.2. The second-order valence-electron chi connectivity index (χ2n) is 7.72. The summed E-state index contributed by atoms with van der Waals surface area (Å²) in [6, 6.07) is 16.0. The van der Waals surface area contributed by atoms with Crippen molar-refractivity contribution in [1.29, 1.82) is 0 Å². The molecule has 0 unspecified atom stereocenters. The molecule has 1 aliphatic rings. The van der Waals surface area contributed by atoms with E-state index in [1.54, 1.807) is 24.3 Å². The van der Waals surface area contributed by atoms with Crippen molar-refractivity contribution in [3.8, 4) is 11.5 Å². The van der Waals surface area contributed by atoms with Gasteiger partial charge in [0.15, 0.2) is 6.61 Å². The topological polar surface area (TPSA) is 93.7 Å². The SMILES string of the molecule is C[C@H]1CCCC[C@@H]1NC(=O)COC(=O)CNC(=O)c1ccc(Oc2ccccc2)cc1. The molecular weight excluding hydrogens is 396 g/mol. The van der Waals surface area contributed by atoms with Crippen LogP contribution in [0.3, 0.4) is 0 Å². The zero-order valence-electron chi connectivity index (χ0n) is 17.6. The summed E-state index contributed by atoms with van der Waals surface area (Å²) in [7, 11) is 0. The van der Waals surface area contributed by atoms with E-state index in [2.05, 4.69) is 17.6 Å². The van der Waals surface area contributed by atoms with Gasteiger partial charge in [0.05, 0.1) is 0 Å². The van der Waals surface area contributed by atoms with Crippen molar-refractivity contribution in [3.63, 3.8) is 0 Å². The zero-order chi connectivity index (χ0) is 22.1. The highest BCUT2D eigenvalue weighted by molar-refractivity contribution is 5.96. The van der Waals surface area contributed by atoms with Crippen LogP contribution in [0.4, 0.5) is 0 Å². The summed E-state index contributed by atoms with van der Waals surface area (Å²) in [4.78, 5) is 36.1. The summed E-state index contributed by atoms with van der Waals surface area (Å²) < 4.78 is 10.6. The van der Waals surface area contributed by atoms with Crippen LogP contribution in [0.25, 0.3) is 0 Å². The highest BCUT2D eigenvalue weighted by atomic mass is 16.5. The third-order valence-corrected chi connectivity index (χ3v) is 5.31. The Kier molecular flexibility index (Phi) is 8.04. The van der Waals surface area contributed by atoms with Crippen molar-refractivity contribution < 1.29 is 23.9 Å². The number of hydrogen-bond acceptors (Lipinski definition) is 5. The van der Waals surface area contributed by atoms with Crippen LogP contribution in [-0.4, -0.2) is 37.0 Å². The monoisotopic (exact) mass is 424 g/mol. The Hall–Kier alpha value is -3.35. The van der Waals surface area contributed by atoms with Crippen LogP contribution in [0.1, 0.15) is 43.0 Å². The molecule has 2 N–H and O–H groups in total. The predicted molar refractivity (Wildman–Crippen MR) is 116 cm³/mol. The van der Waals surface area contributed by atoms with Crippen molar-refractivity contribution in [1.82, 2.24) is 10.6 Å². The van der Waals surface area contributed by atoms with Crippen LogP contribution in [0.2, 0.25) is 0 Å². The third-order valence-electron chi connectivity index (χ3n) is 5.31. The molecule has 1 aliphatic carbocycles. The van der Waals surface area contributed by atoms with Crippen molar-refractivity contribution in [2.45, 2.75) is 38.6 Å². The van der Waals surface area contributed by atoms with Crippen LogP contribution in [0, 0.1) is 5.92 Å². The highest BCUT2D eigenvalue weighted by Crippen LogP contribution is 2.23. The molecule has 0 spiro atoms. The lowest BCUT2D eigenvalue weighted by Crippen LogP contribution is -2.43. The predicted octanol–water partition coefficient (Wildman–Crippen LogP) is 3.45. The van der Waals surface area contributed by atoms with Crippen molar-refractivity contribution in [3.05, 3.63) is 60.2 Å². The van der Waals surface area contributed by atoms with Gasteiger partial charge in [0.1, 0.15) is 18.0 Å². The van der Waals surface area contributed by atoms with Gasteiger partial charge in [0.2, 0.25) is 0 Å². The average Bonchev–Trinajstić information content (AvgIpc) is 2.79. The summed E-state index contributed by atoms with van der Waals surface area (Å²) in [6.07, 6.45) is 4.33. The Morgan fingerprint density at radius 2 is 1.61 bits per heavy atom. The van der Waals surface area contributed by atoms with E-state index in [1.807, 2.05) is 30.3 Å². The lowest BCUT2D eigenvalue weighted by atomic mass is 9.86. The molecule has 3 rings (SSSR count). The minimum atomic E-state index is -0.663. The van der Waals surface area contributed by atoms with Crippen LogP contribution in [0.5, 0.6) is 11.5 Å². The fourth-order valence-electron chi connectivity index (χ4n) is 3.53. The maximum absolute atomic E-state index is 12.2. The molecule has 0 aliphatic heterocycles. The van der Waals surface area contributed by atoms with Crippen molar-refractivity contribution >= 4 is 17.8 Å². The number of amides is 2. The Labute approximate surface area is 182 Å². The third kappa shape index (κ3) is 7.13. The molecule has 2 amide bonds. The van der Waals surface area contributed by atoms with Gasteiger partial charge in [0, 0.05) is 11.6 Å². The van der Waals surface area contributed by atoms with E-state index in [0.717, 1.165) is 19.3 Å². The van der Waals surface area contributed by atoms with Gasteiger partial charge in [0.25, 0.3) is 11.8 Å². The van der Waals surface area contributed by atoms with E-state index >= 15 is 0 Å². The van der Waals surface area contributed by atoms with Crippen molar-refractivity contribution in [2.75, 3.05) is 13.2 Å². The molecule has 0 saturated heterocycles. The molecule has 2 aromatic rings. The fraction of sp³-hybridized carbons (Fsp3) is 0.375. The maximum atomic E-state index is 12.2. The van der Waals surface area contributed by atoms with Crippen molar-refractivity contribution in [2.24, 2.45) is 5.92 Å². The number of ether oxygens (including phenoxy) is 2. The van der Waals surface area contributed by atoms with Gasteiger partial charge in [-0.05, 0) is 55.2 Å². The molecule has 0 bridgehead atoms. The second-order valence-corrected chi connectivity index (χ2v) is 7.72. The number of carbonyl (C=O) groups is 3. The van der Waals surface area contributed by atoms with Gasteiger partial charge in [-0.3, -0.25) is 14.4 Å².